The molecule has 3 aromatic rings. The normalized spacial score (nSPS) is 11.2. The zero-order valence-electron chi connectivity index (χ0n) is 26.4. The predicted molar refractivity (Wildman–Crippen MR) is 226 cm³/mol. The Hall–Kier alpha value is -0.900. The molecule has 17 heteroatoms. The van der Waals surface area contributed by atoms with E-state index >= 15 is 0 Å². The lowest BCUT2D eigenvalue weighted by atomic mass is 10.1. The van der Waals surface area contributed by atoms with Gasteiger partial charge >= 0.3 is 23.9 Å². The molecule has 0 saturated carbocycles. The number of ether oxygens (including phenoxy) is 4. The molecule has 0 heterocycles. The quantitative estimate of drug-likeness (QED) is 0.0452. The maximum absolute atomic E-state index is 12.9. The van der Waals surface area contributed by atoms with Gasteiger partial charge in [0, 0.05) is 20.0 Å². The molecule has 0 fully saturated rings. The van der Waals surface area contributed by atoms with Gasteiger partial charge in [-0.1, -0.05) is 0 Å². The van der Waals surface area contributed by atoms with Gasteiger partial charge in [-0.15, -0.1) is 0 Å². The molecular weight excluding hydrogens is 1240 g/mol. The van der Waals surface area contributed by atoms with Crippen molar-refractivity contribution in [3.05, 3.63) is 77.0 Å². The second-order valence-electron chi connectivity index (χ2n) is 10.8. The van der Waals surface area contributed by atoms with Gasteiger partial charge in [0.1, 0.15) is 5.75 Å². The number of hydrogen-bond donors (Lipinski definition) is 1. The highest BCUT2D eigenvalue weighted by Crippen LogP contribution is 2.30. The van der Waals surface area contributed by atoms with Gasteiger partial charge in [0.25, 0.3) is 10.1 Å². The molecule has 0 aromatic heterocycles. The van der Waals surface area contributed by atoms with Gasteiger partial charge < -0.3 is 18.9 Å². The lowest BCUT2D eigenvalue weighted by Gasteiger charge is -2.12. The molecule has 0 amide bonds. The van der Waals surface area contributed by atoms with Crippen molar-refractivity contribution in [1.82, 2.24) is 0 Å². The maximum Gasteiger partial charge on any atom is 0.339 e. The van der Waals surface area contributed by atoms with Gasteiger partial charge in [0.2, 0.25) is 0 Å². The largest absolute Gasteiger partial charge is 0.462 e. The van der Waals surface area contributed by atoms with E-state index < -0.39 is 27.0 Å². The fourth-order valence-corrected chi connectivity index (χ4v) is 10.9. The van der Waals surface area contributed by atoms with Gasteiger partial charge in [-0.2, -0.15) is 8.42 Å². The van der Waals surface area contributed by atoms with Crippen LogP contribution in [0, 0.1) is 24.8 Å². The van der Waals surface area contributed by atoms with Crippen LogP contribution >= 0.6 is 113 Å². The minimum atomic E-state index is -4.68. The van der Waals surface area contributed by atoms with Crippen LogP contribution in [0.4, 0.5) is 0 Å². The maximum atomic E-state index is 12.9. The fraction of sp³-hybridized carbons (Fsp3) is 0.333. The Labute approximate surface area is 358 Å². The number of hydrogen-bond acceptors (Lipinski definition) is 10. The average molecular weight is 1270 g/mol. The second kappa shape index (κ2) is 21.1. The summed E-state index contributed by atoms with van der Waals surface area (Å²) in [7, 11) is -4.68. The van der Waals surface area contributed by atoms with Crippen LogP contribution in [0.5, 0.6) is 11.5 Å². The monoisotopic (exact) mass is 1270 g/mol. The van der Waals surface area contributed by atoms with Crippen molar-refractivity contribution in [2.75, 3.05) is 13.2 Å². The molecule has 0 saturated heterocycles. The van der Waals surface area contributed by atoms with Gasteiger partial charge in [-0.3, -0.25) is 14.1 Å². The van der Waals surface area contributed by atoms with Crippen molar-refractivity contribution in [3.8, 4) is 11.5 Å². The zero-order chi connectivity index (χ0) is 37.0. The molecular formula is C33H31I5O11S. The third-order valence-electron chi connectivity index (χ3n) is 6.83. The molecule has 50 heavy (non-hydrogen) atoms. The molecule has 0 aliphatic heterocycles. The minimum Gasteiger partial charge on any atom is -0.462 e. The summed E-state index contributed by atoms with van der Waals surface area (Å²) in [6, 6.07) is 10.6. The second-order valence-corrected chi connectivity index (χ2v) is 18.2. The van der Waals surface area contributed by atoms with Gasteiger partial charge in [-0.25, -0.2) is 9.59 Å². The van der Waals surface area contributed by atoms with E-state index in [2.05, 4.69) is 113 Å². The summed E-state index contributed by atoms with van der Waals surface area (Å²) >= 11 is 10.7. The van der Waals surface area contributed by atoms with Crippen LogP contribution in [0.2, 0.25) is 0 Å². The standard InChI is InChI=1S/C33H31I5O11S/c1-19-14-20(34)15-25(36)30(19)48-28(39)8-4-2-6-12-46-32(41)23-11-10-22(50(43,44)45)18-24(23)33(42)47-13-7-3-5-9-29(40)49-31-26(37)16-21(35)17-27(31)38/h10-11,14-18H,2-9,12-13H2,1H3,(H,43,44,45). The number of carbonyl (C=O) groups is 4. The summed E-state index contributed by atoms with van der Waals surface area (Å²) in [5, 5.41) is 0. The number of benzene rings is 3. The van der Waals surface area contributed by atoms with Crippen LogP contribution in [0.1, 0.15) is 77.6 Å². The highest BCUT2D eigenvalue weighted by Gasteiger charge is 2.23. The van der Waals surface area contributed by atoms with Crippen LogP contribution in [0.25, 0.3) is 0 Å². The first-order valence-electron chi connectivity index (χ1n) is 15.0. The molecule has 0 spiro atoms. The number of esters is 4. The summed E-state index contributed by atoms with van der Waals surface area (Å²) in [6.07, 6.45) is 3.24. The number of aryl methyl sites for hydroxylation is 1. The Kier molecular flexibility index (Phi) is 18.4. The molecule has 3 rings (SSSR count). The van der Waals surface area contributed by atoms with Crippen LogP contribution in [-0.2, 0) is 29.2 Å². The van der Waals surface area contributed by atoms with E-state index in [0.29, 0.717) is 50.0 Å². The van der Waals surface area contributed by atoms with E-state index in [1.165, 1.54) is 0 Å². The summed E-state index contributed by atoms with van der Waals surface area (Å²) in [5.41, 5.74) is 0.266. The molecule has 0 atom stereocenters. The topological polar surface area (TPSA) is 160 Å². The van der Waals surface area contributed by atoms with Crippen molar-refractivity contribution in [2.24, 2.45) is 0 Å². The highest BCUT2D eigenvalue weighted by molar-refractivity contribution is 14.1. The molecule has 0 unspecified atom stereocenters. The zero-order valence-corrected chi connectivity index (χ0v) is 38.0. The van der Waals surface area contributed by atoms with Crippen molar-refractivity contribution >= 4 is 147 Å². The number of carbonyl (C=O) groups excluding carboxylic acids is 4. The van der Waals surface area contributed by atoms with Crippen LogP contribution in [0.15, 0.2) is 47.4 Å². The first kappa shape index (κ1) is 43.5. The highest BCUT2D eigenvalue weighted by atomic mass is 127. The van der Waals surface area contributed by atoms with Crippen molar-refractivity contribution in [2.45, 2.75) is 63.2 Å². The molecule has 270 valence electrons. The average Bonchev–Trinajstić information content (AvgIpc) is 3.03. The Bertz CT molecular complexity index is 1800. The van der Waals surface area contributed by atoms with E-state index in [4.69, 9.17) is 18.9 Å². The van der Waals surface area contributed by atoms with Crippen molar-refractivity contribution in [1.29, 1.82) is 0 Å². The van der Waals surface area contributed by atoms with Gasteiger partial charge in [0.15, 0.2) is 5.75 Å². The van der Waals surface area contributed by atoms with E-state index in [1.807, 2.05) is 31.2 Å². The molecule has 3 aromatic carbocycles. The van der Waals surface area contributed by atoms with E-state index in [9.17, 15) is 32.1 Å². The van der Waals surface area contributed by atoms with E-state index in [-0.39, 0.29) is 49.1 Å². The van der Waals surface area contributed by atoms with Crippen LogP contribution in [0.3, 0.4) is 0 Å². The third kappa shape index (κ3) is 14.2. The minimum absolute atomic E-state index is 0.0130. The number of halogens is 5. The Morgan fingerprint density at radius 3 is 1.58 bits per heavy atom. The Morgan fingerprint density at radius 1 is 0.620 bits per heavy atom. The molecule has 0 bridgehead atoms. The SMILES string of the molecule is Cc1cc(I)cc(I)c1OC(=O)CCCCCOC(=O)c1ccc(S(=O)(=O)O)cc1C(=O)OCCCCCC(=O)Oc1c(I)cc(I)cc1I. The molecule has 0 radical (unpaired) electrons. The lowest BCUT2D eigenvalue weighted by molar-refractivity contribution is -0.135. The Balaban J connectivity index is 1.45. The Morgan fingerprint density at radius 2 is 1.08 bits per heavy atom. The van der Waals surface area contributed by atoms with Crippen molar-refractivity contribution < 1.29 is 51.1 Å². The molecule has 1 N–H and O–H groups in total. The van der Waals surface area contributed by atoms with E-state index in [1.54, 1.807) is 0 Å². The third-order valence-corrected chi connectivity index (χ3v) is 11.3. The van der Waals surface area contributed by atoms with Gasteiger partial charge in [-0.05, 0) is 206 Å². The lowest BCUT2D eigenvalue weighted by Crippen LogP contribution is -2.16. The summed E-state index contributed by atoms with van der Waals surface area (Å²) in [5.74, 6) is -1.53. The summed E-state index contributed by atoms with van der Waals surface area (Å²) < 4.78 is 59.2. The van der Waals surface area contributed by atoms with Crippen molar-refractivity contribution in [3.63, 3.8) is 0 Å². The van der Waals surface area contributed by atoms with Crippen LogP contribution < -0.4 is 9.47 Å². The summed E-state index contributed by atoms with van der Waals surface area (Å²) in [6.45, 7) is 1.80. The predicted octanol–water partition coefficient (Wildman–Crippen LogP) is 8.91. The van der Waals surface area contributed by atoms with E-state index in [0.717, 1.165) is 41.6 Å². The smallest absolute Gasteiger partial charge is 0.339 e. The number of unbranched alkanes of at least 4 members (excludes halogenated alkanes) is 4. The molecule has 0 aliphatic rings. The first-order valence-corrected chi connectivity index (χ1v) is 21.9. The van der Waals surface area contributed by atoms with Gasteiger partial charge in [0.05, 0.1) is 39.9 Å². The molecule has 0 aliphatic carbocycles. The molecule has 11 nitrogen and oxygen atoms in total. The number of rotatable bonds is 17. The summed E-state index contributed by atoms with van der Waals surface area (Å²) in [4.78, 5) is 49.9. The first-order chi connectivity index (χ1) is 23.6. The fourth-order valence-electron chi connectivity index (χ4n) is 4.39. The van der Waals surface area contributed by atoms with Crippen LogP contribution in [-0.4, -0.2) is 50.1 Å².